The van der Waals surface area contributed by atoms with E-state index in [-0.39, 0.29) is 0 Å². The van der Waals surface area contributed by atoms with E-state index < -0.39 is 0 Å². The first-order valence-electron chi connectivity index (χ1n) is 6.10. The molecule has 0 bridgehead atoms. The Bertz CT molecular complexity index is 306. The predicted molar refractivity (Wildman–Crippen MR) is 61.1 cm³/mol. The topological polar surface area (TPSA) is 61.3 Å². The first-order valence-corrected chi connectivity index (χ1v) is 6.10. The molecule has 0 spiro atoms. The number of nitrogens with zero attached hydrogens (tertiary/aromatic N) is 1. The SMILES string of the molecule is NCCCc1cnc(CC2CCCOC2)o1. The summed E-state index contributed by atoms with van der Waals surface area (Å²) in [6.45, 7) is 2.46. The van der Waals surface area contributed by atoms with Crippen molar-refractivity contribution in [2.24, 2.45) is 11.7 Å². The van der Waals surface area contributed by atoms with E-state index in [0.717, 1.165) is 50.5 Å². The lowest BCUT2D eigenvalue weighted by molar-refractivity contribution is 0.0525. The third-order valence-corrected chi connectivity index (χ3v) is 2.95. The highest BCUT2D eigenvalue weighted by Crippen LogP contribution is 2.19. The van der Waals surface area contributed by atoms with Crippen molar-refractivity contribution < 1.29 is 9.15 Å². The molecule has 0 saturated carbocycles. The van der Waals surface area contributed by atoms with Gasteiger partial charge in [-0.1, -0.05) is 0 Å². The van der Waals surface area contributed by atoms with Crippen LogP contribution in [0.25, 0.3) is 0 Å². The minimum absolute atomic E-state index is 0.578. The van der Waals surface area contributed by atoms with Crippen LogP contribution in [-0.4, -0.2) is 24.7 Å². The lowest BCUT2D eigenvalue weighted by Crippen LogP contribution is -2.19. The van der Waals surface area contributed by atoms with Crippen molar-refractivity contribution in [1.82, 2.24) is 4.98 Å². The van der Waals surface area contributed by atoms with Gasteiger partial charge in [-0.3, -0.25) is 0 Å². The molecule has 2 N–H and O–H groups in total. The lowest BCUT2D eigenvalue weighted by Gasteiger charge is -2.20. The van der Waals surface area contributed by atoms with E-state index in [9.17, 15) is 0 Å². The highest BCUT2D eigenvalue weighted by molar-refractivity contribution is 4.95. The summed E-state index contributed by atoms with van der Waals surface area (Å²) >= 11 is 0. The summed E-state index contributed by atoms with van der Waals surface area (Å²) in [5.74, 6) is 2.38. The maximum atomic E-state index is 5.67. The van der Waals surface area contributed by atoms with Crippen LogP contribution < -0.4 is 5.73 Å². The van der Waals surface area contributed by atoms with Gasteiger partial charge in [-0.05, 0) is 31.7 Å². The van der Waals surface area contributed by atoms with Crippen LogP contribution in [0.1, 0.15) is 30.9 Å². The highest BCUT2D eigenvalue weighted by atomic mass is 16.5. The number of oxazole rings is 1. The van der Waals surface area contributed by atoms with E-state index in [2.05, 4.69) is 4.98 Å². The van der Waals surface area contributed by atoms with Crippen molar-refractivity contribution in [2.75, 3.05) is 19.8 Å². The zero-order valence-corrected chi connectivity index (χ0v) is 9.65. The Morgan fingerprint density at radius 2 is 2.44 bits per heavy atom. The van der Waals surface area contributed by atoms with Gasteiger partial charge in [0.05, 0.1) is 6.20 Å². The van der Waals surface area contributed by atoms with Crippen LogP contribution in [0.3, 0.4) is 0 Å². The molecule has 2 heterocycles. The molecule has 1 saturated heterocycles. The average molecular weight is 224 g/mol. The number of nitrogens with two attached hydrogens (primary N) is 1. The van der Waals surface area contributed by atoms with E-state index in [4.69, 9.17) is 14.9 Å². The van der Waals surface area contributed by atoms with Crippen LogP contribution in [0.2, 0.25) is 0 Å². The van der Waals surface area contributed by atoms with Crippen molar-refractivity contribution >= 4 is 0 Å². The number of aryl methyl sites for hydroxylation is 1. The summed E-state index contributed by atoms with van der Waals surface area (Å²) in [5, 5.41) is 0. The summed E-state index contributed by atoms with van der Waals surface area (Å²) in [7, 11) is 0. The van der Waals surface area contributed by atoms with Crippen LogP contribution in [0.4, 0.5) is 0 Å². The standard InChI is InChI=1S/C12H20N2O2/c13-5-1-4-11-8-14-12(16-11)7-10-3-2-6-15-9-10/h8,10H,1-7,9,13H2. The van der Waals surface area contributed by atoms with Crippen LogP contribution >= 0.6 is 0 Å². The average Bonchev–Trinajstić information content (AvgIpc) is 2.75. The third kappa shape index (κ3) is 3.32. The Kier molecular flexibility index (Phi) is 4.36. The first-order chi connectivity index (χ1) is 7.88. The van der Waals surface area contributed by atoms with Crippen molar-refractivity contribution in [2.45, 2.75) is 32.1 Å². The molecule has 1 aromatic heterocycles. The van der Waals surface area contributed by atoms with Gasteiger partial charge in [-0.2, -0.15) is 0 Å². The molecule has 0 aromatic carbocycles. The van der Waals surface area contributed by atoms with Crippen molar-refractivity contribution in [3.05, 3.63) is 17.8 Å². The Balaban J connectivity index is 1.81. The minimum atomic E-state index is 0.578. The van der Waals surface area contributed by atoms with Crippen LogP contribution in [0.5, 0.6) is 0 Å². The van der Waals surface area contributed by atoms with Crippen LogP contribution in [-0.2, 0) is 17.6 Å². The number of ether oxygens (including phenoxy) is 1. The quantitative estimate of drug-likeness (QED) is 0.824. The van der Waals surface area contributed by atoms with E-state index in [1.54, 1.807) is 0 Å². The minimum Gasteiger partial charge on any atom is -0.446 e. The molecule has 1 aliphatic rings. The maximum absolute atomic E-state index is 5.67. The molecule has 4 nitrogen and oxygen atoms in total. The van der Waals surface area contributed by atoms with Crippen LogP contribution in [0.15, 0.2) is 10.6 Å². The molecule has 0 radical (unpaired) electrons. The molecule has 0 amide bonds. The maximum Gasteiger partial charge on any atom is 0.194 e. The van der Waals surface area contributed by atoms with E-state index in [1.807, 2.05) is 6.20 Å². The summed E-state index contributed by atoms with van der Waals surface area (Å²) in [5.41, 5.74) is 5.45. The Hall–Kier alpha value is -0.870. The number of hydrogen-bond acceptors (Lipinski definition) is 4. The molecule has 4 heteroatoms. The normalized spacial score (nSPS) is 21.2. The highest BCUT2D eigenvalue weighted by Gasteiger charge is 2.17. The zero-order valence-electron chi connectivity index (χ0n) is 9.65. The molecular formula is C12H20N2O2. The van der Waals surface area contributed by atoms with Gasteiger partial charge in [0.15, 0.2) is 5.89 Å². The van der Waals surface area contributed by atoms with Crippen molar-refractivity contribution in [1.29, 1.82) is 0 Å². The van der Waals surface area contributed by atoms with Crippen molar-refractivity contribution in [3.8, 4) is 0 Å². The van der Waals surface area contributed by atoms with Gasteiger partial charge >= 0.3 is 0 Å². The van der Waals surface area contributed by atoms with Gasteiger partial charge in [0.1, 0.15) is 5.76 Å². The van der Waals surface area contributed by atoms with Gasteiger partial charge < -0.3 is 14.9 Å². The van der Waals surface area contributed by atoms with E-state index in [0.29, 0.717) is 12.5 Å². The van der Waals surface area contributed by atoms with Crippen molar-refractivity contribution in [3.63, 3.8) is 0 Å². The van der Waals surface area contributed by atoms with E-state index in [1.165, 1.54) is 6.42 Å². The Morgan fingerprint density at radius 1 is 1.50 bits per heavy atom. The van der Waals surface area contributed by atoms with Crippen LogP contribution in [0, 0.1) is 5.92 Å². The third-order valence-electron chi connectivity index (χ3n) is 2.95. The second-order valence-corrected chi connectivity index (χ2v) is 4.40. The molecule has 1 aromatic rings. The lowest BCUT2D eigenvalue weighted by atomic mass is 9.99. The fraction of sp³-hybridized carbons (Fsp3) is 0.750. The summed E-state index contributed by atoms with van der Waals surface area (Å²) < 4.78 is 11.1. The number of aromatic nitrogens is 1. The smallest absolute Gasteiger partial charge is 0.194 e. The fourth-order valence-electron chi connectivity index (χ4n) is 2.05. The number of rotatable bonds is 5. The molecule has 0 aliphatic carbocycles. The molecule has 1 fully saturated rings. The first kappa shape index (κ1) is 11.6. The largest absolute Gasteiger partial charge is 0.446 e. The van der Waals surface area contributed by atoms with Gasteiger partial charge in [-0.15, -0.1) is 0 Å². The molecule has 90 valence electrons. The molecule has 1 atom stereocenters. The van der Waals surface area contributed by atoms with Gasteiger partial charge in [0.25, 0.3) is 0 Å². The molecule has 2 rings (SSSR count). The second-order valence-electron chi connectivity index (χ2n) is 4.40. The molecule has 1 aliphatic heterocycles. The fourth-order valence-corrected chi connectivity index (χ4v) is 2.05. The summed E-state index contributed by atoms with van der Waals surface area (Å²) in [4.78, 5) is 4.30. The zero-order chi connectivity index (χ0) is 11.2. The molecule has 1 unspecified atom stereocenters. The summed E-state index contributed by atoms with van der Waals surface area (Å²) in [6, 6.07) is 0. The Labute approximate surface area is 96.2 Å². The van der Waals surface area contributed by atoms with Gasteiger partial charge in [0.2, 0.25) is 0 Å². The predicted octanol–water partition coefficient (Wildman–Crippen LogP) is 1.53. The van der Waals surface area contributed by atoms with Gasteiger partial charge in [0, 0.05) is 26.1 Å². The summed E-state index contributed by atoms with van der Waals surface area (Å²) in [6.07, 6.45) is 6.97. The Morgan fingerprint density at radius 3 is 3.19 bits per heavy atom. The number of hydrogen-bond donors (Lipinski definition) is 1. The van der Waals surface area contributed by atoms with E-state index >= 15 is 0 Å². The molecule has 16 heavy (non-hydrogen) atoms. The van der Waals surface area contributed by atoms with Gasteiger partial charge in [-0.25, -0.2) is 4.98 Å². The second kappa shape index (κ2) is 6.01. The monoisotopic (exact) mass is 224 g/mol. The molecular weight excluding hydrogens is 204 g/mol.